The number of unbranched alkanes of at least 4 members (excludes halogenated alkanes) is 2. The molecule has 0 fully saturated rings. The summed E-state index contributed by atoms with van der Waals surface area (Å²) in [6.45, 7) is 20.7. The number of hydrogen-bond donors (Lipinski definition) is 0. The van der Waals surface area contributed by atoms with E-state index in [9.17, 15) is 0 Å². The Balaban J connectivity index is 5.00. The quantitative estimate of drug-likeness (QED) is 0.521. The van der Waals surface area contributed by atoms with Crippen molar-refractivity contribution < 1.29 is 0 Å². The van der Waals surface area contributed by atoms with Gasteiger partial charge < -0.3 is 9.62 Å². The highest BCUT2D eigenvalue weighted by molar-refractivity contribution is 6.41. The van der Waals surface area contributed by atoms with E-state index in [4.69, 9.17) is 0 Å². The second kappa shape index (κ2) is 9.94. The third kappa shape index (κ3) is 7.23. The smallest absolute Gasteiger partial charge is 0.231 e. The Morgan fingerprint density at radius 2 is 1.29 bits per heavy atom. The van der Waals surface area contributed by atoms with Crippen molar-refractivity contribution in [3.05, 3.63) is 0 Å². The Morgan fingerprint density at radius 3 is 1.62 bits per heavy atom. The molecule has 0 aromatic rings. The zero-order valence-corrected chi connectivity index (χ0v) is 16.0. The van der Waals surface area contributed by atoms with Gasteiger partial charge in [-0.15, -0.1) is 0 Å². The van der Waals surface area contributed by atoms with Gasteiger partial charge in [0.1, 0.15) is 0 Å². The van der Waals surface area contributed by atoms with Crippen LogP contribution in [-0.2, 0) is 0 Å². The van der Waals surface area contributed by atoms with Gasteiger partial charge in [-0.1, -0.05) is 47.4 Å². The highest BCUT2D eigenvalue weighted by Gasteiger charge is 2.35. The highest BCUT2D eigenvalue weighted by Crippen LogP contribution is 2.23. The van der Waals surface area contributed by atoms with Crippen molar-refractivity contribution in [1.82, 2.24) is 9.62 Å². The van der Waals surface area contributed by atoms with Crippen LogP contribution in [0.2, 0.25) is 6.82 Å². The summed E-state index contributed by atoms with van der Waals surface area (Å²) in [7, 11) is 4.77. The largest absolute Gasteiger partial charge is 0.347 e. The van der Waals surface area contributed by atoms with Crippen molar-refractivity contribution in [1.29, 1.82) is 0 Å². The molecule has 4 heteroatoms. The van der Waals surface area contributed by atoms with Crippen molar-refractivity contribution in [3.63, 3.8) is 0 Å². The summed E-state index contributed by atoms with van der Waals surface area (Å²) in [6, 6.07) is 0. The molecule has 0 amide bonds. The Hall–Kier alpha value is 0.0499. The second-order valence-electron chi connectivity index (χ2n) is 7.36. The van der Waals surface area contributed by atoms with Crippen LogP contribution in [-0.4, -0.2) is 48.5 Å². The summed E-state index contributed by atoms with van der Waals surface area (Å²) < 4.78 is 0. The molecule has 122 valence electrons. The minimum absolute atomic E-state index is 0.116. The summed E-state index contributed by atoms with van der Waals surface area (Å²) in [6.07, 6.45) is 6.17. The fourth-order valence-electron chi connectivity index (χ4n) is 2.63. The van der Waals surface area contributed by atoms with Gasteiger partial charge in [0, 0.05) is 5.54 Å². The zero-order chi connectivity index (χ0) is 16.5. The fraction of sp³-hybridized carbons (Fsp3) is 1.00. The molecule has 2 radical (unpaired) electrons. The van der Waals surface area contributed by atoms with Crippen molar-refractivity contribution in [2.75, 3.05) is 13.1 Å². The molecule has 0 aliphatic rings. The van der Waals surface area contributed by atoms with Crippen LogP contribution in [0.3, 0.4) is 0 Å². The van der Waals surface area contributed by atoms with E-state index >= 15 is 0 Å². The Morgan fingerprint density at radius 1 is 0.810 bits per heavy atom. The molecule has 0 saturated carbocycles. The maximum Gasteiger partial charge on any atom is 0.231 e. The average Bonchev–Trinajstić information content (AvgIpc) is 2.42. The standard InChI is InChI=1S/C17H38B2N2/c1-9-12-14-20(16(4,5)6)19-17(7,11-3)21(18-8)15-13-10-2/h9-15H2,1-8H3. The molecule has 0 spiro atoms. The molecule has 0 bridgehead atoms. The van der Waals surface area contributed by atoms with Crippen molar-refractivity contribution in [3.8, 4) is 0 Å². The van der Waals surface area contributed by atoms with E-state index in [0.29, 0.717) is 0 Å². The van der Waals surface area contributed by atoms with Crippen LogP contribution in [0.5, 0.6) is 0 Å². The molecule has 0 aliphatic carbocycles. The lowest BCUT2D eigenvalue weighted by Crippen LogP contribution is -2.60. The van der Waals surface area contributed by atoms with Gasteiger partial charge in [0.15, 0.2) is 0 Å². The summed E-state index contributed by atoms with van der Waals surface area (Å²) >= 11 is 0. The van der Waals surface area contributed by atoms with E-state index in [-0.39, 0.29) is 11.0 Å². The third-order valence-corrected chi connectivity index (χ3v) is 4.48. The molecule has 1 unspecified atom stereocenters. The predicted molar refractivity (Wildman–Crippen MR) is 99.0 cm³/mol. The van der Waals surface area contributed by atoms with Crippen LogP contribution in [0.4, 0.5) is 0 Å². The molecular weight excluding hydrogens is 254 g/mol. The summed E-state index contributed by atoms with van der Waals surface area (Å²) in [5.74, 6) is 0. The molecule has 0 heterocycles. The zero-order valence-electron chi connectivity index (χ0n) is 16.0. The normalized spacial score (nSPS) is 15.3. The number of hydrogen-bond acceptors (Lipinski definition) is 2. The molecule has 0 saturated heterocycles. The van der Waals surface area contributed by atoms with Crippen LogP contribution in [0.15, 0.2) is 0 Å². The van der Waals surface area contributed by atoms with Crippen LogP contribution in [0.25, 0.3) is 0 Å². The van der Waals surface area contributed by atoms with E-state index in [0.717, 1.165) is 19.5 Å². The first-order valence-corrected chi connectivity index (χ1v) is 8.94. The van der Waals surface area contributed by atoms with Crippen molar-refractivity contribution in [2.45, 2.75) is 98.4 Å². The van der Waals surface area contributed by atoms with Gasteiger partial charge in [-0.05, 0) is 58.6 Å². The molecule has 0 aliphatic heterocycles. The minimum atomic E-state index is 0.116. The first kappa shape index (κ1) is 21.0. The maximum atomic E-state index is 2.56. The predicted octanol–water partition coefficient (Wildman–Crippen LogP) is 4.40. The van der Waals surface area contributed by atoms with E-state index in [1.807, 2.05) is 0 Å². The summed E-state index contributed by atoms with van der Waals surface area (Å²) in [5.41, 5.74) is 0.306. The Kier molecular flexibility index (Phi) is 9.97. The van der Waals surface area contributed by atoms with Crippen LogP contribution >= 0.6 is 0 Å². The number of rotatable bonds is 11. The van der Waals surface area contributed by atoms with Gasteiger partial charge in [-0.2, -0.15) is 0 Å². The molecule has 0 aromatic carbocycles. The molecule has 21 heavy (non-hydrogen) atoms. The number of nitrogens with zero attached hydrogens (tertiary/aromatic N) is 2. The van der Waals surface area contributed by atoms with E-state index in [2.05, 4.69) is 79.7 Å². The first-order chi connectivity index (χ1) is 9.75. The SMILES string of the molecule is C[B]N(CCCC)C(C)([B]N(CCCC)C(C)(C)C)CC. The van der Waals surface area contributed by atoms with Crippen LogP contribution in [0, 0.1) is 0 Å². The second-order valence-corrected chi connectivity index (χ2v) is 7.36. The van der Waals surface area contributed by atoms with Gasteiger partial charge in [-0.25, -0.2) is 0 Å². The minimum Gasteiger partial charge on any atom is -0.347 e. The Labute approximate surface area is 136 Å². The topological polar surface area (TPSA) is 6.48 Å². The van der Waals surface area contributed by atoms with Gasteiger partial charge in [0.25, 0.3) is 0 Å². The lowest BCUT2D eigenvalue weighted by atomic mass is 9.60. The molecule has 0 N–H and O–H groups in total. The summed E-state index contributed by atoms with van der Waals surface area (Å²) in [5, 5.41) is 0. The van der Waals surface area contributed by atoms with E-state index in [1.165, 1.54) is 25.7 Å². The molecule has 1 atom stereocenters. The van der Waals surface area contributed by atoms with Gasteiger partial charge >= 0.3 is 0 Å². The van der Waals surface area contributed by atoms with E-state index < -0.39 is 0 Å². The molecule has 2 nitrogen and oxygen atoms in total. The van der Waals surface area contributed by atoms with Crippen molar-refractivity contribution in [2.24, 2.45) is 0 Å². The van der Waals surface area contributed by atoms with Gasteiger partial charge in [0.2, 0.25) is 14.8 Å². The average molecular weight is 292 g/mol. The molecule has 0 rings (SSSR count). The first-order valence-electron chi connectivity index (χ1n) is 8.94. The van der Waals surface area contributed by atoms with Crippen LogP contribution in [0.1, 0.15) is 80.6 Å². The van der Waals surface area contributed by atoms with Crippen LogP contribution < -0.4 is 0 Å². The Bertz CT molecular complexity index is 266. The third-order valence-electron chi connectivity index (χ3n) is 4.48. The van der Waals surface area contributed by atoms with E-state index in [1.54, 1.807) is 0 Å². The van der Waals surface area contributed by atoms with Gasteiger partial charge in [-0.3, -0.25) is 0 Å². The lowest BCUT2D eigenvalue weighted by molar-refractivity contribution is 0.212. The summed E-state index contributed by atoms with van der Waals surface area (Å²) in [4.78, 5) is 5.09. The highest BCUT2D eigenvalue weighted by atomic mass is 15.2. The fourth-order valence-corrected chi connectivity index (χ4v) is 2.63. The molecule has 0 aromatic heterocycles. The van der Waals surface area contributed by atoms with Crippen molar-refractivity contribution >= 4 is 14.8 Å². The monoisotopic (exact) mass is 292 g/mol. The lowest BCUT2D eigenvalue weighted by Gasteiger charge is -2.47. The maximum absolute atomic E-state index is 2.56. The van der Waals surface area contributed by atoms with Gasteiger partial charge in [0.05, 0.1) is 0 Å². The molecular formula is C17H38B2N2.